The number of hydrogen-bond donors (Lipinski definition) is 4. The Morgan fingerprint density at radius 3 is 2.24 bits per heavy atom. The summed E-state index contributed by atoms with van der Waals surface area (Å²) >= 11 is 0. The van der Waals surface area contributed by atoms with Crippen LogP contribution in [0.25, 0.3) is 0 Å². The molecule has 0 aliphatic carbocycles. The van der Waals surface area contributed by atoms with Gasteiger partial charge in [0.1, 0.15) is 0 Å². The van der Waals surface area contributed by atoms with E-state index in [1.165, 1.54) is 31.2 Å². The molecular formula is C19H22N4O5S. The Morgan fingerprint density at radius 1 is 0.931 bits per heavy atom. The van der Waals surface area contributed by atoms with Crippen LogP contribution in [0.1, 0.15) is 34.6 Å². The van der Waals surface area contributed by atoms with Crippen molar-refractivity contribution >= 4 is 44.8 Å². The van der Waals surface area contributed by atoms with Gasteiger partial charge in [0, 0.05) is 30.4 Å². The lowest BCUT2D eigenvalue weighted by atomic mass is 10.1. The Bertz CT molecular complexity index is 1050. The van der Waals surface area contributed by atoms with Crippen molar-refractivity contribution in [2.75, 3.05) is 28.2 Å². The molecule has 0 aliphatic rings. The Hall–Kier alpha value is -3.40. The molecule has 0 aliphatic heterocycles. The molecule has 2 rings (SSSR count). The molecule has 0 fully saturated rings. The van der Waals surface area contributed by atoms with E-state index in [1.54, 1.807) is 25.1 Å². The summed E-state index contributed by atoms with van der Waals surface area (Å²) in [6.45, 7) is 3.57. The van der Waals surface area contributed by atoms with E-state index >= 15 is 0 Å². The van der Waals surface area contributed by atoms with Crippen LogP contribution in [0.15, 0.2) is 42.5 Å². The summed E-state index contributed by atoms with van der Waals surface area (Å²) in [5, 5.41) is 7.84. The zero-order valence-electron chi connectivity index (χ0n) is 16.2. The van der Waals surface area contributed by atoms with Crippen LogP contribution in [0.2, 0.25) is 0 Å². The maximum Gasteiger partial charge on any atom is 0.257 e. The summed E-state index contributed by atoms with van der Waals surface area (Å²) in [6.07, 6.45) is 0.965. The SMILES string of the molecule is CCNC(=O)c1cccc(NC(=O)c2cc(NC(C)=O)ccc2NS(C)(=O)=O)c1. The molecule has 0 aromatic heterocycles. The maximum atomic E-state index is 12.8. The summed E-state index contributed by atoms with van der Waals surface area (Å²) in [5.74, 6) is -1.23. The number of carbonyl (C=O) groups is 3. The lowest BCUT2D eigenvalue weighted by molar-refractivity contribution is -0.114. The van der Waals surface area contributed by atoms with Crippen molar-refractivity contribution in [3.05, 3.63) is 53.6 Å². The number of benzene rings is 2. The van der Waals surface area contributed by atoms with E-state index in [0.29, 0.717) is 23.5 Å². The van der Waals surface area contributed by atoms with E-state index in [1.807, 2.05) is 0 Å². The first-order valence-electron chi connectivity index (χ1n) is 8.68. The van der Waals surface area contributed by atoms with Gasteiger partial charge in [-0.1, -0.05) is 6.07 Å². The highest BCUT2D eigenvalue weighted by Crippen LogP contribution is 2.23. The number of amides is 3. The maximum absolute atomic E-state index is 12.8. The number of nitrogens with one attached hydrogen (secondary N) is 4. The fourth-order valence-corrected chi connectivity index (χ4v) is 3.08. The Morgan fingerprint density at radius 2 is 1.62 bits per heavy atom. The largest absolute Gasteiger partial charge is 0.352 e. The standard InChI is InChI=1S/C19H22N4O5S/c1-4-20-18(25)13-6-5-7-14(10-13)22-19(26)16-11-15(21-12(2)24)8-9-17(16)23-29(3,27)28/h5-11,23H,4H2,1-3H3,(H,20,25)(H,21,24)(H,22,26). The number of anilines is 3. The lowest BCUT2D eigenvalue weighted by Gasteiger charge is -2.14. The second-order valence-electron chi connectivity index (χ2n) is 6.21. The predicted molar refractivity (Wildman–Crippen MR) is 112 cm³/mol. The summed E-state index contributed by atoms with van der Waals surface area (Å²) < 4.78 is 25.5. The monoisotopic (exact) mass is 418 g/mol. The van der Waals surface area contributed by atoms with E-state index < -0.39 is 15.9 Å². The molecule has 3 amide bonds. The van der Waals surface area contributed by atoms with Gasteiger partial charge in [-0.2, -0.15) is 0 Å². The highest BCUT2D eigenvalue weighted by Gasteiger charge is 2.16. The quantitative estimate of drug-likeness (QED) is 0.546. The third-order valence-electron chi connectivity index (χ3n) is 3.60. The van der Waals surface area contributed by atoms with Crippen LogP contribution in [-0.4, -0.2) is 38.9 Å². The van der Waals surface area contributed by atoms with Gasteiger partial charge in [0.25, 0.3) is 11.8 Å². The van der Waals surface area contributed by atoms with Crippen molar-refractivity contribution in [3.8, 4) is 0 Å². The van der Waals surface area contributed by atoms with Crippen LogP contribution in [0.4, 0.5) is 17.1 Å². The fourth-order valence-electron chi connectivity index (χ4n) is 2.50. The molecule has 4 N–H and O–H groups in total. The van der Waals surface area contributed by atoms with Gasteiger partial charge in [-0.25, -0.2) is 8.42 Å². The molecule has 9 nitrogen and oxygen atoms in total. The van der Waals surface area contributed by atoms with Crippen LogP contribution in [-0.2, 0) is 14.8 Å². The van der Waals surface area contributed by atoms with Crippen molar-refractivity contribution < 1.29 is 22.8 Å². The molecule has 10 heteroatoms. The van der Waals surface area contributed by atoms with E-state index in [-0.39, 0.29) is 23.1 Å². The molecular weight excluding hydrogens is 396 g/mol. The van der Waals surface area contributed by atoms with Gasteiger partial charge < -0.3 is 16.0 Å². The molecule has 2 aromatic carbocycles. The molecule has 0 spiro atoms. The Balaban J connectivity index is 2.36. The van der Waals surface area contributed by atoms with Crippen molar-refractivity contribution in [2.24, 2.45) is 0 Å². The zero-order valence-corrected chi connectivity index (χ0v) is 17.0. The minimum absolute atomic E-state index is 0.00471. The van der Waals surface area contributed by atoms with Gasteiger partial charge >= 0.3 is 0 Å². The first-order valence-corrected chi connectivity index (χ1v) is 10.6. The Kier molecular flexibility index (Phi) is 6.94. The number of carbonyl (C=O) groups excluding carboxylic acids is 3. The molecule has 154 valence electrons. The second kappa shape index (κ2) is 9.20. The summed E-state index contributed by atoms with van der Waals surface area (Å²) in [4.78, 5) is 36.1. The average molecular weight is 418 g/mol. The lowest BCUT2D eigenvalue weighted by Crippen LogP contribution is -2.23. The van der Waals surface area contributed by atoms with Crippen LogP contribution in [0.5, 0.6) is 0 Å². The van der Waals surface area contributed by atoms with Crippen LogP contribution >= 0.6 is 0 Å². The van der Waals surface area contributed by atoms with Gasteiger partial charge in [0.05, 0.1) is 17.5 Å². The molecule has 0 saturated carbocycles. The van der Waals surface area contributed by atoms with Gasteiger partial charge in [0.15, 0.2) is 0 Å². The van der Waals surface area contributed by atoms with Crippen molar-refractivity contribution in [2.45, 2.75) is 13.8 Å². The fraction of sp³-hybridized carbons (Fsp3) is 0.211. The molecule has 0 unspecified atom stereocenters. The third-order valence-corrected chi connectivity index (χ3v) is 4.19. The van der Waals surface area contributed by atoms with Crippen molar-refractivity contribution in [3.63, 3.8) is 0 Å². The predicted octanol–water partition coefficient (Wildman–Crippen LogP) is 2.02. The Labute approximate surface area is 168 Å². The van der Waals surface area contributed by atoms with Crippen molar-refractivity contribution in [1.29, 1.82) is 0 Å². The first-order chi connectivity index (χ1) is 13.6. The number of hydrogen-bond acceptors (Lipinski definition) is 5. The van der Waals surface area contributed by atoms with Gasteiger partial charge in [-0.15, -0.1) is 0 Å². The minimum atomic E-state index is -3.64. The van der Waals surface area contributed by atoms with E-state index in [9.17, 15) is 22.8 Å². The zero-order chi connectivity index (χ0) is 21.6. The van der Waals surface area contributed by atoms with Gasteiger partial charge in [-0.05, 0) is 43.3 Å². The van der Waals surface area contributed by atoms with Gasteiger partial charge in [0.2, 0.25) is 15.9 Å². The van der Waals surface area contributed by atoms with Crippen molar-refractivity contribution in [1.82, 2.24) is 5.32 Å². The normalized spacial score (nSPS) is 10.7. The summed E-state index contributed by atoms with van der Waals surface area (Å²) in [5.41, 5.74) is 1.11. The molecule has 29 heavy (non-hydrogen) atoms. The average Bonchev–Trinajstić information content (AvgIpc) is 2.61. The van der Waals surface area contributed by atoms with Crippen LogP contribution in [0, 0.1) is 0 Å². The highest BCUT2D eigenvalue weighted by molar-refractivity contribution is 7.92. The van der Waals surface area contributed by atoms with E-state index in [4.69, 9.17) is 0 Å². The van der Waals surface area contributed by atoms with Crippen LogP contribution in [0.3, 0.4) is 0 Å². The highest BCUT2D eigenvalue weighted by atomic mass is 32.2. The third kappa shape index (κ3) is 6.61. The number of sulfonamides is 1. The van der Waals surface area contributed by atoms with E-state index in [2.05, 4.69) is 20.7 Å². The smallest absolute Gasteiger partial charge is 0.257 e. The summed E-state index contributed by atoms with van der Waals surface area (Å²) in [7, 11) is -3.64. The minimum Gasteiger partial charge on any atom is -0.352 e. The van der Waals surface area contributed by atoms with Gasteiger partial charge in [-0.3, -0.25) is 19.1 Å². The first kappa shape index (κ1) is 21.9. The topological polar surface area (TPSA) is 133 Å². The molecule has 0 saturated heterocycles. The van der Waals surface area contributed by atoms with Crippen LogP contribution < -0.4 is 20.7 Å². The number of rotatable bonds is 7. The molecule has 0 bridgehead atoms. The molecule has 0 atom stereocenters. The molecule has 2 aromatic rings. The molecule has 0 radical (unpaired) electrons. The second-order valence-corrected chi connectivity index (χ2v) is 7.96. The van der Waals surface area contributed by atoms with E-state index in [0.717, 1.165) is 6.26 Å². The molecule has 0 heterocycles. The summed E-state index contributed by atoms with van der Waals surface area (Å²) in [6, 6.07) is 10.5.